The number of hydrogen-bond donors (Lipinski definition) is 2. The minimum absolute atomic E-state index is 0.143. The highest BCUT2D eigenvalue weighted by Gasteiger charge is 2.16. The molecule has 2 aromatic rings. The summed E-state index contributed by atoms with van der Waals surface area (Å²) in [6, 6.07) is 11.7. The molecule has 0 amide bonds. The van der Waals surface area contributed by atoms with Gasteiger partial charge in [-0.05, 0) is 36.8 Å². The Morgan fingerprint density at radius 3 is 2.42 bits per heavy atom. The molecule has 1 aromatic heterocycles. The summed E-state index contributed by atoms with van der Waals surface area (Å²) < 4.78 is 11.2. The Morgan fingerprint density at radius 1 is 1.16 bits per heavy atom. The number of hydrogen-bond acceptors (Lipinski definition) is 4. The molecule has 0 aliphatic heterocycles. The minimum atomic E-state index is -0.143. The maximum Gasteiger partial charge on any atom is 0.126 e. The Kier molecular flexibility index (Phi) is 4.60. The molecular weight excluding hydrogens is 240 g/mol. The fraction of sp³-hybridized carbons (Fsp3) is 0.333. The summed E-state index contributed by atoms with van der Waals surface area (Å²) in [6.07, 6.45) is 0.876. The third-order valence-corrected chi connectivity index (χ3v) is 3.01. The van der Waals surface area contributed by atoms with Crippen LogP contribution in [0.15, 0.2) is 40.8 Å². The van der Waals surface area contributed by atoms with Crippen LogP contribution >= 0.6 is 0 Å². The van der Waals surface area contributed by atoms with Crippen molar-refractivity contribution in [3.8, 4) is 5.75 Å². The maximum absolute atomic E-state index is 5.74. The molecule has 0 aliphatic carbocycles. The topological polar surface area (TPSA) is 60.4 Å². The molecule has 0 saturated carbocycles. The van der Waals surface area contributed by atoms with Gasteiger partial charge in [0.1, 0.15) is 23.3 Å². The molecule has 0 saturated heterocycles. The van der Waals surface area contributed by atoms with Crippen LogP contribution in [0.1, 0.15) is 37.0 Å². The van der Waals surface area contributed by atoms with Crippen LogP contribution in [0.25, 0.3) is 0 Å². The molecule has 0 aliphatic rings. The molecule has 4 nitrogen and oxygen atoms in total. The summed E-state index contributed by atoms with van der Waals surface area (Å²) >= 11 is 0. The second-order valence-electron chi connectivity index (χ2n) is 4.26. The van der Waals surface area contributed by atoms with Crippen molar-refractivity contribution in [2.45, 2.75) is 26.3 Å². The normalized spacial score (nSPS) is 12.4. The highest BCUT2D eigenvalue weighted by atomic mass is 16.5. The number of furan rings is 1. The third kappa shape index (κ3) is 3.16. The van der Waals surface area contributed by atoms with Crippen molar-refractivity contribution < 1.29 is 9.15 Å². The lowest BCUT2D eigenvalue weighted by Crippen LogP contribution is -2.28. The predicted octanol–water partition coefficient (Wildman–Crippen LogP) is 2.79. The number of ether oxygens (including phenoxy) is 1. The maximum atomic E-state index is 5.74. The van der Waals surface area contributed by atoms with E-state index >= 15 is 0 Å². The van der Waals surface area contributed by atoms with Gasteiger partial charge in [0.15, 0.2) is 0 Å². The van der Waals surface area contributed by atoms with E-state index in [-0.39, 0.29) is 6.04 Å². The Morgan fingerprint density at radius 2 is 1.89 bits per heavy atom. The molecule has 102 valence electrons. The van der Waals surface area contributed by atoms with Gasteiger partial charge in [0.05, 0.1) is 6.61 Å². The van der Waals surface area contributed by atoms with Crippen LogP contribution in [0.2, 0.25) is 0 Å². The molecular formula is C15H20N2O2. The van der Waals surface area contributed by atoms with Crippen LogP contribution in [-0.4, -0.2) is 6.61 Å². The Labute approximate surface area is 113 Å². The van der Waals surface area contributed by atoms with Gasteiger partial charge >= 0.3 is 0 Å². The molecule has 1 atom stereocenters. The molecule has 3 N–H and O–H groups in total. The summed E-state index contributed by atoms with van der Waals surface area (Å²) in [5.41, 5.74) is 3.83. The smallest absolute Gasteiger partial charge is 0.126 e. The van der Waals surface area contributed by atoms with E-state index in [4.69, 9.17) is 15.0 Å². The second kappa shape index (κ2) is 6.41. The van der Waals surface area contributed by atoms with Gasteiger partial charge in [-0.3, -0.25) is 5.84 Å². The van der Waals surface area contributed by atoms with E-state index in [0.717, 1.165) is 29.3 Å². The van der Waals surface area contributed by atoms with Crippen LogP contribution in [0.3, 0.4) is 0 Å². The van der Waals surface area contributed by atoms with Crippen molar-refractivity contribution in [3.63, 3.8) is 0 Å². The first-order valence-electron chi connectivity index (χ1n) is 6.56. The monoisotopic (exact) mass is 260 g/mol. The zero-order valence-electron chi connectivity index (χ0n) is 11.3. The van der Waals surface area contributed by atoms with Gasteiger partial charge in [-0.2, -0.15) is 0 Å². The molecule has 19 heavy (non-hydrogen) atoms. The summed E-state index contributed by atoms with van der Waals surface area (Å²) in [5, 5.41) is 0. The first-order valence-corrected chi connectivity index (χ1v) is 6.56. The Hall–Kier alpha value is -1.78. The lowest BCUT2D eigenvalue weighted by molar-refractivity contribution is 0.340. The van der Waals surface area contributed by atoms with Crippen LogP contribution < -0.4 is 16.0 Å². The summed E-state index contributed by atoms with van der Waals surface area (Å²) in [4.78, 5) is 0. The van der Waals surface area contributed by atoms with E-state index in [1.807, 2.05) is 43.3 Å². The van der Waals surface area contributed by atoms with Crippen molar-refractivity contribution in [2.75, 3.05) is 6.61 Å². The molecule has 2 rings (SSSR count). The summed E-state index contributed by atoms with van der Waals surface area (Å²) in [6.45, 7) is 4.69. The van der Waals surface area contributed by atoms with Crippen molar-refractivity contribution in [3.05, 3.63) is 53.5 Å². The molecule has 1 heterocycles. The van der Waals surface area contributed by atoms with Crippen LogP contribution in [-0.2, 0) is 6.42 Å². The zero-order chi connectivity index (χ0) is 13.7. The number of benzene rings is 1. The van der Waals surface area contributed by atoms with E-state index in [9.17, 15) is 0 Å². The fourth-order valence-electron chi connectivity index (χ4n) is 2.01. The molecule has 0 bridgehead atoms. The third-order valence-electron chi connectivity index (χ3n) is 3.01. The molecule has 0 spiro atoms. The van der Waals surface area contributed by atoms with Crippen LogP contribution in [0.5, 0.6) is 5.75 Å². The largest absolute Gasteiger partial charge is 0.494 e. The van der Waals surface area contributed by atoms with Crippen LogP contribution in [0.4, 0.5) is 0 Å². The van der Waals surface area contributed by atoms with Gasteiger partial charge in [0.2, 0.25) is 0 Å². The Bertz CT molecular complexity index is 505. The van der Waals surface area contributed by atoms with E-state index in [0.29, 0.717) is 6.61 Å². The van der Waals surface area contributed by atoms with E-state index in [2.05, 4.69) is 12.3 Å². The quantitative estimate of drug-likeness (QED) is 0.619. The van der Waals surface area contributed by atoms with Crippen molar-refractivity contribution >= 4 is 0 Å². The number of rotatable bonds is 6. The molecule has 1 aromatic carbocycles. The minimum Gasteiger partial charge on any atom is -0.494 e. The fourth-order valence-corrected chi connectivity index (χ4v) is 2.01. The van der Waals surface area contributed by atoms with Gasteiger partial charge in [-0.1, -0.05) is 19.1 Å². The predicted molar refractivity (Wildman–Crippen MR) is 74.9 cm³/mol. The van der Waals surface area contributed by atoms with Crippen molar-refractivity contribution in [2.24, 2.45) is 5.84 Å². The average Bonchev–Trinajstić information content (AvgIpc) is 2.91. The highest BCUT2D eigenvalue weighted by Crippen LogP contribution is 2.25. The summed E-state index contributed by atoms with van der Waals surface area (Å²) in [7, 11) is 0. The van der Waals surface area contributed by atoms with Crippen molar-refractivity contribution in [1.29, 1.82) is 0 Å². The van der Waals surface area contributed by atoms with Crippen LogP contribution in [0, 0.1) is 0 Å². The molecule has 4 heteroatoms. The zero-order valence-corrected chi connectivity index (χ0v) is 11.3. The number of nitrogens with one attached hydrogen (secondary N) is 1. The first-order chi connectivity index (χ1) is 9.28. The lowest BCUT2D eigenvalue weighted by atomic mass is 10.1. The van der Waals surface area contributed by atoms with Gasteiger partial charge in [-0.25, -0.2) is 5.43 Å². The highest BCUT2D eigenvalue weighted by molar-refractivity contribution is 5.33. The van der Waals surface area contributed by atoms with Gasteiger partial charge < -0.3 is 9.15 Å². The lowest BCUT2D eigenvalue weighted by Gasteiger charge is -2.14. The molecule has 0 fully saturated rings. The van der Waals surface area contributed by atoms with E-state index in [1.54, 1.807) is 0 Å². The second-order valence-corrected chi connectivity index (χ2v) is 4.26. The van der Waals surface area contributed by atoms with Gasteiger partial charge in [0, 0.05) is 6.42 Å². The molecule has 0 radical (unpaired) electrons. The summed E-state index contributed by atoms with van der Waals surface area (Å²) in [5.74, 6) is 8.28. The van der Waals surface area contributed by atoms with Gasteiger partial charge in [0.25, 0.3) is 0 Å². The number of hydrazine groups is 1. The van der Waals surface area contributed by atoms with E-state index in [1.165, 1.54) is 0 Å². The number of nitrogens with two attached hydrogens (primary N) is 1. The Balaban J connectivity index is 2.21. The average molecular weight is 260 g/mol. The number of aryl methyl sites for hydroxylation is 1. The van der Waals surface area contributed by atoms with Gasteiger partial charge in [-0.15, -0.1) is 0 Å². The van der Waals surface area contributed by atoms with Crippen molar-refractivity contribution in [1.82, 2.24) is 5.43 Å². The SMILES string of the molecule is CCOc1ccc(C(NN)c2ccc(CC)o2)cc1. The van der Waals surface area contributed by atoms with E-state index < -0.39 is 0 Å². The molecule has 1 unspecified atom stereocenters. The standard InChI is InChI=1S/C15H20N2O2/c1-3-12-9-10-14(19-12)15(17-16)11-5-7-13(8-6-11)18-4-2/h5-10,15,17H,3-4,16H2,1-2H3. The first kappa shape index (κ1) is 13.6.